The second-order valence-electron chi connectivity index (χ2n) is 6.72. The minimum absolute atomic E-state index is 0.577. The minimum atomic E-state index is -3.23. The van der Waals surface area contributed by atoms with Crippen molar-refractivity contribution in [3.05, 3.63) is 12.0 Å². The molecule has 0 aliphatic carbocycles. The molecule has 33 heavy (non-hydrogen) atoms. The fourth-order valence-corrected chi connectivity index (χ4v) is 3.18. The molecule has 0 saturated heterocycles. The quantitative estimate of drug-likeness (QED) is 0.230. The molecule has 0 saturated carbocycles. The van der Waals surface area contributed by atoms with Crippen LogP contribution >= 0.6 is 8.25 Å². The molecular weight excluding hydrogens is 469 g/mol. The van der Waals surface area contributed by atoms with Gasteiger partial charge in [-0.25, -0.2) is 0 Å². The molecule has 1 amide bonds. The third-order valence-electron chi connectivity index (χ3n) is 3.86. The van der Waals surface area contributed by atoms with Crippen molar-refractivity contribution in [1.29, 1.82) is 0 Å². The van der Waals surface area contributed by atoms with Crippen molar-refractivity contribution in [2.24, 2.45) is 0 Å². The first kappa shape index (κ1) is 27.8. The Labute approximate surface area is 189 Å². The van der Waals surface area contributed by atoms with Crippen LogP contribution in [0.25, 0.3) is 0 Å². The Bertz CT molecular complexity index is 826. The third kappa shape index (κ3) is 9.83. The second-order valence-corrected chi connectivity index (χ2v) is 7.38. The Morgan fingerprint density at radius 3 is 2.09 bits per heavy atom. The number of rotatable bonds is 10. The van der Waals surface area contributed by atoms with Crippen LogP contribution in [0.15, 0.2) is 12.0 Å². The molecule has 1 aliphatic heterocycles. The minimum Gasteiger partial charge on any atom is -0.462 e. The van der Waals surface area contributed by atoms with Gasteiger partial charge < -0.3 is 29.0 Å². The molecule has 1 aliphatic rings. The van der Waals surface area contributed by atoms with Crippen LogP contribution in [0, 0.1) is 0 Å². The van der Waals surface area contributed by atoms with Crippen LogP contribution in [0.3, 0.4) is 0 Å². The smallest absolute Gasteiger partial charge is 0.462 e. The van der Waals surface area contributed by atoms with Crippen LogP contribution in [0.5, 0.6) is 0 Å². The van der Waals surface area contributed by atoms with Crippen molar-refractivity contribution in [3.63, 3.8) is 0 Å². The highest BCUT2D eigenvalue weighted by Gasteiger charge is 2.49. The average molecular weight is 494 g/mol. The standard InChI is InChI=1S/C18H24NO13P/c1-8(20)19-16-13(28-10(3)22)6-15(32-33(25)26)31-18(16)17(30-12(5)24)14(29-11(4)23)7-27-9(2)21/h6,13-14,16-18H,7H2,1-5H3,(H-,19,20,25,26)/p+1. The number of hydrogen-bond acceptors (Lipinski definition) is 12. The van der Waals surface area contributed by atoms with Crippen molar-refractivity contribution in [2.45, 2.75) is 65.1 Å². The summed E-state index contributed by atoms with van der Waals surface area (Å²) in [6.07, 6.45) is -4.82. The number of carbonyl (C=O) groups excluding carboxylic acids is 5. The molecular formula is C18H25NO13P+. The zero-order valence-corrected chi connectivity index (χ0v) is 19.4. The highest BCUT2D eigenvalue weighted by Crippen LogP contribution is 2.32. The Kier molecular flexibility index (Phi) is 10.7. The fourth-order valence-electron chi connectivity index (χ4n) is 2.92. The topological polar surface area (TPSA) is 190 Å². The van der Waals surface area contributed by atoms with Crippen molar-refractivity contribution in [2.75, 3.05) is 6.61 Å². The summed E-state index contributed by atoms with van der Waals surface area (Å²) in [5.74, 6) is -4.45. The summed E-state index contributed by atoms with van der Waals surface area (Å²) in [4.78, 5) is 67.4. The average Bonchev–Trinajstić information content (AvgIpc) is 2.63. The lowest BCUT2D eigenvalue weighted by molar-refractivity contribution is -0.194. The summed E-state index contributed by atoms with van der Waals surface area (Å²) < 4.78 is 41.8. The van der Waals surface area contributed by atoms with E-state index in [2.05, 4.69) is 9.84 Å². The predicted octanol–water partition coefficient (Wildman–Crippen LogP) is -0.244. The molecule has 1 rings (SSSR count). The monoisotopic (exact) mass is 494 g/mol. The highest BCUT2D eigenvalue weighted by atomic mass is 31.1. The van der Waals surface area contributed by atoms with Gasteiger partial charge in [0.1, 0.15) is 12.6 Å². The number of amides is 1. The van der Waals surface area contributed by atoms with E-state index >= 15 is 0 Å². The van der Waals surface area contributed by atoms with Crippen molar-refractivity contribution in [1.82, 2.24) is 5.32 Å². The fraction of sp³-hybridized carbons (Fsp3) is 0.611. The maximum Gasteiger partial charge on any atom is 0.750 e. The zero-order chi connectivity index (χ0) is 25.3. The van der Waals surface area contributed by atoms with Gasteiger partial charge in [-0.2, -0.15) is 4.52 Å². The maximum absolute atomic E-state index is 11.8. The predicted molar refractivity (Wildman–Crippen MR) is 105 cm³/mol. The van der Waals surface area contributed by atoms with E-state index in [4.69, 9.17) is 28.6 Å². The number of esters is 4. The van der Waals surface area contributed by atoms with Gasteiger partial charge in [-0.1, -0.05) is 0 Å². The van der Waals surface area contributed by atoms with E-state index in [0.717, 1.165) is 40.7 Å². The van der Waals surface area contributed by atoms with E-state index in [1.807, 2.05) is 0 Å². The summed E-state index contributed by atoms with van der Waals surface area (Å²) in [7, 11) is -3.23. The molecule has 0 aromatic carbocycles. The molecule has 1 heterocycles. The molecule has 6 atom stereocenters. The van der Waals surface area contributed by atoms with Crippen molar-refractivity contribution in [3.8, 4) is 0 Å². The van der Waals surface area contributed by atoms with Crippen LogP contribution in [0.2, 0.25) is 0 Å². The number of carbonyl (C=O) groups is 5. The number of hydrogen-bond donors (Lipinski definition) is 2. The molecule has 0 spiro atoms. The van der Waals surface area contributed by atoms with Gasteiger partial charge in [0.15, 0.2) is 24.4 Å². The van der Waals surface area contributed by atoms with E-state index < -0.39 is 81.0 Å². The van der Waals surface area contributed by atoms with E-state index in [1.54, 1.807) is 0 Å². The first-order chi connectivity index (χ1) is 15.3. The van der Waals surface area contributed by atoms with Gasteiger partial charge in [0, 0.05) is 45.3 Å². The molecule has 0 aromatic rings. The lowest BCUT2D eigenvalue weighted by Crippen LogP contribution is -2.61. The van der Waals surface area contributed by atoms with E-state index in [1.165, 1.54) is 0 Å². The largest absolute Gasteiger partial charge is 0.750 e. The normalized spacial score (nSPS) is 21.7. The molecule has 15 heteroatoms. The SMILES string of the molecule is CC(=O)NC1C(OC(C)=O)C=C(O[P+](=O)O)OC1C(OC(C)=O)C(COC(C)=O)OC(C)=O. The van der Waals surface area contributed by atoms with Crippen LogP contribution in [-0.4, -0.2) is 71.7 Å². The summed E-state index contributed by atoms with van der Waals surface area (Å²) in [5.41, 5.74) is 0. The molecule has 14 nitrogen and oxygen atoms in total. The summed E-state index contributed by atoms with van der Waals surface area (Å²) in [5, 5.41) is 2.47. The van der Waals surface area contributed by atoms with Gasteiger partial charge in [0.2, 0.25) is 5.91 Å². The second kappa shape index (κ2) is 12.7. The van der Waals surface area contributed by atoms with Gasteiger partial charge in [-0.15, -0.1) is 4.89 Å². The van der Waals surface area contributed by atoms with Gasteiger partial charge in [-0.3, -0.25) is 24.0 Å². The van der Waals surface area contributed by atoms with E-state index in [0.29, 0.717) is 0 Å². The van der Waals surface area contributed by atoms with E-state index in [9.17, 15) is 28.5 Å². The Morgan fingerprint density at radius 1 is 1.03 bits per heavy atom. The number of nitrogens with one attached hydrogen (secondary N) is 1. The molecule has 6 unspecified atom stereocenters. The van der Waals surface area contributed by atoms with Crippen molar-refractivity contribution >= 4 is 38.0 Å². The molecule has 184 valence electrons. The summed E-state index contributed by atoms with van der Waals surface area (Å²) in [6.45, 7) is 4.80. The van der Waals surface area contributed by atoms with Crippen molar-refractivity contribution < 1.29 is 61.6 Å². The highest BCUT2D eigenvalue weighted by molar-refractivity contribution is 7.32. The first-order valence-electron chi connectivity index (χ1n) is 9.44. The maximum atomic E-state index is 11.8. The Hall–Kier alpha value is -3.25. The Balaban J connectivity index is 3.55. The third-order valence-corrected chi connectivity index (χ3v) is 4.20. The number of ether oxygens (including phenoxy) is 5. The van der Waals surface area contributed by atoms with Crippen LogP contribution < -0.4 is 5.32 Å². The van der Waals surface area contributed by atoms with Gasteiger partial charge in [-0.05, 0) is 0 Å². The molecule has 0 fully saturated rings. The summed E-state index contributed by atoms with van der Waals surface area (Å²) >= 11 is 0. The van der Waals surface area contributed by atoms with Gasteiger partial charge in [0.25, 0.3) is 0 Å². The van der Waals surface area contributed by atoms with Gasteiger partial charge in [0.05, 0.1) is 0 Å². The molecule has 0 bridgehead atoms. The lowest BCUT2D eigenvalue weighted by Gasteiger charge is -2.40. The summed E-state index contributed by atoms with van der Waals surface area (Å²) in [6, 6.07) is -1.25. The zero-order valence-electron chi connectivity index (χ0n) is 18.5. The Morgan fingerprint density at radius 2 is 1.64 bits per heavy atom. The molecule has 2 N–H and O–H groups in total. The van der Waals surface area contributed by atoms with Crippen LogP contribution in [0.1, 0.15) is 34.6 Å². The van der Waals surface area contributed by atoms with E-state index in [-0.39, 0.29) is 0 Å². The lowest BCUT2D eigenvalue weighted by atomic mass is 9.94. The first-order valence-corrected chi connectivity index (χ1v) is 10.6. The molecule has 0 aromatic heterocycles. The molecule has 0 radical (unpaired) electrons. The van der Waals surface area contributed by atoms with Gasteiger partial charge >= 0.3 is 38.1 Å². The van der Waals surface area contributed by atoms with Crippen LogP contribution in [-0.2, 0) is 56.7 Å². The van der Waals surface area contributed by atoms with Crippen LogP contribution in [0.4, 0.5) is 0 Å².